The first-order chi connectivity index (χ1) is 14.5. The minimum Gasteiger partial charge on any atom is -0.333 e. The first-order valence-corrected chi connectivity index (χ1v) is 10.1. The maximum atomic E-state index is 12.8. The van der Waals surface area contributed by atoms with Crippen molar-refractivity contribution >= 4 is 34.0 Å². The highest BCUT2D eigenvalue weighted by atomic mass is 32.1. The number of hydrogen-bond acceptors (Lipinski definition) is 5. The summed E-state index contributed by atoms with van der Waals surface area (Å²) in [5.74, 6) is 0.279. The van der Waals surface area contributed by atoms with E-state index in [0.717, 1.165) is 22.0 Å². The molecule has 30 heavy (non-hydrogen) atoms. The minimum atomic E-state index is -0.304. The molecule has 0 unspecified atom stereocenters. The summed E-state index contributed by atoms with van der Waals surface area (Å²) in [5, 5.41) is 6.02. The Morgan fingerprint density at radius 1 is 1.03 bits per heavy atom. The summed E-state index contributed by atoms with van der Waals surface area (Å²) in [6.07, 6.45) is 3.60. The summed E-state index contributed by atoms with van der Waals surface area (Å²) in [6, 6.07) is 16.6. The normalized spacial score (nSPS) is 10.6. The van der Waals surface area contributed by atoms with Crippen LogP contribution < -0.4 is 10.6 Å². The van der Waals surface area contributed by atoms with Crippen molar-refractivity contribution in [1.82, 2.24) is 14.5 Å². The summed E-state index contributed by atoms with van der Waals surface area (Å²) in [4.78, 5) is 34.0. The number of carbonyl (C=O) groups excluding carboxylic acids is 2. The Hall–Kier alpha value is -3.78. The highest BCUT2D eigenvalue weighted by Gasteiger charge is 2.19. The fraction of sp³-hybridized carbons (Fsp3) is 0.0909. The van der Waals surface area contributed by atoms with Gasteiger partial charge in [0.15, 0.2) is 11.0 Å². The van der Waals surface area contributed by atoms with Crippen molar-refractivity contribution in [2.45, 2.75) is 6.92 Å². The lowest BCUT2D eigenvalue weighted by molar-refractivity contribution is -0.114. The summed E-state index contributed by atoms with van der Waals surface area (Å²) in [6.45, 7) is 1.42. The third-order valence-corrected chi connectivity index (χ3v) is 5.33. The van der Waals surface area contributed by atoms with Gasteiger partial charge in [0, 0.05) is 43.2 Å². The van der Waals surface area contributed by atoms with E-state index in [1.165, 1.54) is 18.3 Å². The summed E-state index contributed by atoms with van der Waals surface area (Å²) < 4.78 is 1.92. The maximum Gasteiger partial charge on any atom is 0.257 e. The third kappa shape index (κ3) is 4.13. The maximum absolute atomic E-state index is 12.8. The summed E-state index contributed by atoms with van der Waals surface area (Å²) in [5.41, 5.74) is 2.70. The molecule has 4 rings (SSSR count). The molecule has 0 fully saturated rings. The van der Waals surface area contributed by atoms with Gasteiger partial charge in [-0.2, -0.15) is 0 Å². The largest absolute Gasteiger partial charge is 0.333 e. The van der Waals surface area contributed by atoms with Gasteiger partial charge in [0.2, 0.25) is 5.91 Å². The van der Waals surface area contributed by atoms with E-state index in [-0.39, 0.29) is 11.8 Å². The molecule has 0 aliphatic rings. The molecule has 0 atom stereocenters. The molecular weight excluding hydrogens is 398 g/mol. The van der Waals surface area contributed by atoms with Gasteiger partial charge in [-0.3, -0.25) is 14.9 Å². The zero-order valence-electron chi connectivity index (χ0n) is 16.4. The molecule has 2 amide bonds. The first-order valence-electron chi connectivity index (χ1n) is 9.24. The van der Waals surface area contributed by atoms with E-state index in [2.05, 4.69) is 20.6 Å². The van der Waals surface area contributed by atoms with Crippen LogP contribution in [-0.2, 0) is 11.8 Å². The lowest BCUT2D eigenvalue weighted by Gasteiger charge is -2.05. The molecule has 0 saturated heterocycles. The number of aromatic nitrogens is 3. The van der Waals surface area contributed by atoms with Crippen molar-refractivity contribution in [3.8, 4) is 22.0 Å². The van der Waals surface area contributed by atoms with Crippen molar-refractivity contribution in [1.29, 1.82) is 0 Å². The van der Waals surface area contributed by atoms with Crippen LogP contribution in [0.25, 0.3) is 22.0 Å². The van der Waals surface area contributed by atoms with Crippen LogP contribution in [0.5, 0.6) is 0 Å². The van der Waals surface area contributed by atoms with Crippen LogP contribution in [0, 0.1) is 0 Å². The zero-order valence-corrected chi connectivity index (χ0v) is 17.2. The predicted octanol–water partition coefficient (Wildman–Crippen LogP) is 4.42. The number of carbonyl (C=O) groups is 2. The molecule has 0 aliphatic heterocycles. The van der Waals surface area contributed by atoms with Gasteiger partial charge in [0.25, 0.3) is 5.91 Å². The molecule has 2 aromatic carbocycles. The standard InChI is InChI=1S/C22H19N5O2S/c1-14(28)24-17-10-6-9-16(13-17)21(29)26-22-25-18(15-7-4-3-5-8-15)19(30-22)20-23-11-12-27(20)2/h3-13H,1-2H3,(H,24,28)(H,25,26,29). The van der Waals surface area contributed by atoms with Crippen LogP contribution in [0.2, 0.25) is 0 Å². The van der Waals surface area contributed by atoms with E-state index in [1.807, 2.05) is 48.1 Å². The van der Waals surface area contributed by atoms with Gasteiger partial charge in [-0.25, -0.2) is 9.97 Å². The van der Waals surface area contributed by atoms with E-state index in [1.54, 1.807) is 30.5 Å². The number of benzene rings is 2. The highest BCUT2D eigenvalue weighted by molar-refractivity contribution is 7.19. The van der Waals surface area contributed by atoms with Crippen LogP contribution in [0.4, 0.5) is 10.8 Å². The quantitative estimate of drug-likeness (QED) is 0.503. The molecule has 0 radical (unpaired) electrons. The van der Waals surface area contributed by atoms with Gasteiger partial charge >= 0.3 is 0 Å². The number of aryl methyl sites for hydroxylation is 1. The molecule has 2 aromatic heterocycles. The molecule has 2 N–H and O–H groups in total. The van der Waals surface area contributed by atoms with Gasteiger partial charge in [-0.1, -0.05) is 47.7 Å². The van der Waals surface area contributed by atoms with Crippen molar-refractivity contribution in [2.75, 3.05) is 10.6 Å². The number of anilines is 2. The molecule has 2 heterocycles. The smallest absolute Gasteiger partial charge is 0.257 e. The molecule has 0 saturated carbocycles. The monoisotopic (exact) mass is 417 g/mol. The highest BCUT2D eigenvalue weighted by Crippen LogP contribution is 2.38. The van der Waals surface area contributed by atoms with Gasteiger partial charge < -0.3 is 9.88 Å². The Balaban J connectivity index is 1.67. The Kier molecular flexibility index (Phi) is 5.40. The second-order valence-electron chi connectivity index (χ2n) is 6.64. The Labute approximate surface area is 177 Å². The average molecular weight is 417 g/mol. The molecule has 4 aromatic rings. The Bertz CT molecular complexity index is 1210. The number of thiazole rings is 1. The molecule has 7 nitrogen and oxygen atoms in total. The van der Waals surface area contributed by atoms with Crippen LogP contribution in [0.1, 0.15) is 17.3 Å². The zero-order chi connectivity index (χ0) is 21.1. The van der Waals surface area contributed by atoms with Gasteiger partial charge in [-0.05, 0) is 18.2 Å². The molecular formula is C22H19N5O2S. The molecule has 0 aliphatic carbocycles. The molecule has 0 bridgehead atoms. The fourth-order valence-electron chi connectivity index (χ4n) is 3.01. The number of hydrogen-bond donors (Lipinski definition) is 2. The van der Waals surface area contributed by atoms with Crippen molar-refractivity contribution in [3.63, 3.8) is 0 Å². The topological polar surface area (TPSA) is 88.9 Å². The Morgan fingerprint density at radius 2 is 1.83 bits per heavy atom. The van der Waals surface area contributed by atoms with E-state index >= 15 is 0 Å². The summed E-state index contributed by atoms with van der Waals surface area (Å²) in [7, 11) is 1.92. The van der Waals surface area contributed by atoms with Crippen LogP contribution in [0.15, 0.2) is 67.0 Å². The number of imidazole rings is 1. The van der Waals surface area contributed by atoms with E-state index in [9.17, 15) is 9.59 Å². The van der Waals surface area contributed by atoms with Gasteiger partial charge in [0.1, 0.15) is 0 Å². The minimum absolute atomic E-state index is 0.195. The average Bonchev–Trinajstić information content (AvgIpc) is 3.34. The predicted molar refractivity (Wildman–Crippen MR) is 118 cm³/mol. The number of nitrogens with one attached hydrogen (secondary N) is 2. The van der Waals surface area contributed by atoms with E-state index in [4.69, 9.17) is 0 Å². The van der Waals surface area contributed by atoms with Crippen LogP contribution >= 0.6 is 11.3 Å². The Morgan fingerprint density at radius 3 is 2.53 bits per heavy atom. The third-order valence-electron chi connectivity index (χ3n) is 4.36. The second-order valence-corrected chi connectivity index (χ2v) is 7.64. The SMILES string of the molecule is CC(=O)Nc1cccc(C(=O)Nc2nc(-c3ccccc3)c(-c3nccn3C)s2)c1. The summed E-state index contributed by atoms with van der Waals surface area (Å²) >= 11 is 1.37. The fourth-order valence-corrected chi connectivity index (χ4v) is 4.03. The van der Waals surface area contributed by atoms with Crippen LogP contribution in [-0.4, -0.2) is 26.3 Å². The molecule has 0 spiro atoms. The van der Waals surface area contributed by atoms with Gasteiger partial charge in [-0.15, -0.1) is 0 Å². The number of nitrogens with zero attached hydrogens (tertiary/aromatic N) is 3. The van der Waals surface area contributed by atoms with E-state index in [0.29, 0.717) is 16.4 Å². The lowest BCUT2D eigenvalue weighted by atomic mass is 10.1. The number of rotatable bonds is 5. The van der Waals surface area contributed by atoms with Crippen molar-refractivity contribution < 1.29 is 9.59 Å². The second kappa shape index (κ2) is 8.30. The number of amides is 2. The van der Waals surface area contributed by atoms with Crippen molar-refractivity contribution in [2.24, 2.45) is 7.05 Å². The van der Waals surface area contributed by atoms with Crippen molar-refractivity contribution in [3.05, 3.63) is 72.6 Å². The van der Waals surface area contributed by atoms with Gasteiger partial charge in [0.05, 0.1) is 10.6 Å². The first kappa shape index (κ1) is 19.5. The van der Waals surface area contributed by atoms with E-state index < -0.39 is 0 Å². The lowest BCUT2D eigenvalue weighted by Crippen LogP contribution is -2.13. The molecule has 150 valence electrons. The van der Waals surface area contributed by atoms with Crippen LogP contribution in [0.3, 0.4) is 0 Å². The molecule has 8 heteroatoms.